The molecule has 4 aromatic carbocycles. The lowest BCUT2D eigenvalue weighted by atomic mass is 9.99. The van der Waals surface area contributed by atoms with Gasteiger partial charge in [-0.2, -0.15) is 25.5 Å². The van der Waals surface area contributed by atoms with E-state index in [1.165, 1.54) is 186 Å². The highest BCUT2D eigenvalue weighted by Gasteiger charge is 2.34. The summed E-state index contributed by atoms with van der Waals surface area (Å²) >= 11 is 0. The Morgan fingerprint density at radius 2 is 0.793 bits per heavy atom. The Bertz CT molecular complexity index is 5180. The van der Waals surface area contributed by atoms with Gasteiger partial charge in [-0.05, 0) is 254 Å². The van der Waals surface area contributed by atoms with E-state index >= 15 is 0 Å². The number of nitrogens with one attached hydrogen (secondary N) is 4. The molecule has 0 unspecified atom stereocenters. The first-order valence-electron chi connectivity index (χ1n) is 43.4. The highest BCUT2D eigenvalue weighted by molar-refractivity contribution is 5.86. The Kier molecular flexibility index (Phi) is 29.9. The number of benzene rings is 4. The molecule has 0 atom stereocenters. The Hall–Kier alpha value is -9.63. The van der Waals surface area contributed by atoms with Gasteiger partial charge in [-0.15, -0.1) is 0 Å². The van der Waals surface area contributed by atoms with Crippen LogP contribution in [0.25, 0.3) is 49.2 Å². The van der Waals surface area contributed by atoms with E-state index in [-0.39, 0.29) is 5.82 Å². The summed E-state index contributed by atoms with van der Waals surface area (Å²) in [4.78, 5) is 10.9. The molecule has 620 valence electrons. The highest BCUT2D eigenvalue weighted by Crippen LogP contribution is 2.47. The lowest BCUT2D eigenvalue weighted by molar-refractivity contribution is 0.568. The Labute approximate surface area is 692 Å². The molecule has 10 heterocycles. The van der Waals surface area contributed by atoms with Crippen molar-refractivity contribution < 1.29 is 8.81 Å². The van der Waals surface area contributed by atoms with E-state index in [2.05, 4.69) is 290 Å². The van der Waals surface area contributed by atoms with Gasteiger partial charge in [0.05, 0.1) is 39.5 Å². The van der Waals surface area contributed by atoms with Crippen LogP contribution in [0.5, 0.6) is 0 Å². The number of aryl methyl sites for hydroxylation is 8. The van der Waals surface area contributed by atoms with Gasteiger partial charge in [0.2, 0.25) is 0 Å². The average Bonchev–Trinajstić information content (AvgIpc) is 1.61. The largest absolute Gasteiger partial charge is 0.461 e. The molecule has 4 saturated carbocycles. The molecular formula is C101H138FN13O. The van der Waals surface area contributed by atoms with Crippen molar-refractivity contribution in [3.05, 3.63) is 252 Å². The van der Waals surface area contributed by atoms with Gasteiger partial charge in [0, 0.05) is 128 Å². The molecule has 0 spiro atoms. The van der Waals surface area contributed by atoms with Crippen LogP contribution < -0.4 is 0 Å². The van der Waals surface area contributed by atoms with E-state index in [1.807, 2.05) is 84.5 Å². The van der Waals surface area contributed by atoms with Crippen LogP contribution in [0.15, 0.2) is 132 Å². The first-order valence-corrected chi connectivity index (χ1v) is 43.4. The molecule has 4 aliphatic carbocycles. The molecule has 0 radical (unpaired) electrons. The number of hydrogen-bond donors (Lipinski definition) is 4. The van der Waals surface area contributed by atoms with E-state index in [4.69, 9.17) is 4.42 Å². The van der Waals surface area contributed by atoms with E-state index < -0.39 is 0 Å². The summed E-state index contributed by atoms with van der Waals surface area (Å²) in [5.41, 5.74) is 32.4. The van der Waals surface area contributed by atoms with Crippen molar-refractivity contribution >= 4 is 49.2 Å². The minimum Gasteiger partial charge on any atom is -0.461 e. The summed E-state index contributed by atoms with van der Waals surface area (Å²) in [6, 6.07) is 38.2. The Morgan fingerprint density at radius 3 is 1.26 bits per heavy atom. The third kappa shape index (κ3) is 21.6. The summed E-state index contributed by atoms with van der Waals surface area (Å²) in [6.07, 6.45) is 14.6. The number of para-hydroxylation sites is 3. The minimum absolute atomic E-state index is 0.186. The van der Waals surface area contributed by atoms with Gasteiger partial charge >= 0.3 is 0 Å². The molecule has 0 amide bonds. The lowest BCUT2D eigenvalue weighted by Crippen LogP contribution is -1.95. The fourth-order valence-electron chi connectivity index (χ4n) is 17.2. The number of halogens is 1. The molecule has 0 bridgehead atoms. The highest BCUT2D eigenvalue weighted by atomic mass is 19.1. The van der Waals surface area contributed by atoms with E-state index in [0.717, 1.165) is 62.8 Å². The second kappa shape index (κ2) is 39.1. The monoisotopic (exact) mass is 1570 g/mol. The van der Waals surface area contributed by atoms with E-state index in [0.29, 0.717) is 53.3 Å². The average molecular weight is 1570 g/mol. The second-order valence-electron chi connectivity index (χ2n) is 35.9. The number of nitrogens with zero attached hydrogens (tertiary/aromatic N) is 9. The fourth-order valence-corrected chi connectivity index (χ4v) is 17.2. The van der Waals surface area contributed by atoms with E-state index in [1.54, 1.807) is 6.07 Å². The van der Waals surface area contributed by atoms with Gasteiger partial charge in [0.25, 0.3) is 0 Å². The maximum Gasteiger partial charge on any atom is 0.134 e. The quantitative estimate of drug-likeness (QED) is 0.0891. The molecule has 4 fully saturated rings. The van der Waals surface area contributed by atoms with Gasteiger partial charge in [-0.1, -0.05) is 185 Å². The zero-order chi connectivity index (χ0) is 84.4. The SMILES string of the molecule is CC(C)c1ccnc2ccccc12.Cc1[nH]c2cc(F)ccc2c1C(C)C.Cc1[nH]c2ccccc2c1C(C)C.Cc1[nH]nc(C2CC2)c1C(C)C.Cc1[nH]nc(C2CC2)c1C(C)C.Cc1c(C(C)C)c(C2CC2)nn1C.Cc1c(C(C)C)c(C2CC2)nn1C.Cc1nn2ccccc2c1C(C)C.Cc1oc2ccccc2c1C(C)C. The predicted molar refractivity (Wildman–Crippen MR) is 486 cm³/mol. The van der Waals surface area contributed by atoms with Gasteiger partial charge in [0.1, 0.15) is 17.2 Å². The van der Waals surface area contributed by atoms with Crippen molar-refractivity contribution in [3.63, 3.8) is 0 Å². The van der Waals surface area contributed by atoms with Crippen LogP contribution in [-0.2, 0) is 14.1 Å². The van der Waals surface area contributed by atoms with Crippen LogP contribution in [0.1, 0.15) is 371 Å². The van der Waals surface area contributed by atoms with Gasteiger partial charge in [0.15, 0.2) is 0 Å². The van der Waals surface area contributed by atoms with Crippen molar-refractivity contribution in [1.82, 2.24) is 64.5 Å². The molecule has 4 N–H and O–H groups in total. The zero-order valence-electron chi connectivity index (χ0n) is 75.6. The van der Waals surface area contributed by atoms with Crippen LogP contribution in [0.3, 0.4) is 0 Å². The van der Waals surface area contributed by atoms with Crippen LogP contribution in [0, 0.1) is 61.2 Å². The third-order valence-corrected chi connectivity index (χ3v) is 23.2. The minimum atomic E-state index is -0.186. The summed E-state index contributed by atoms with van der Waals surface area (Å²) < 4.78 is 24.6. The van der Waals surface area contributed by atoms with Crippen molar-refractivity contribution in [1.29, 1.82) is 0 Å². The van der Waals surface area contributed by atoms with Crippen molar-refractivity contribution in [2.45, 2.75) is 308 Å². The van der Waals surface area contributed by atoms with Crippen LogP contribution in [0.2, 0.25) is 0 Å². The maximum absolute atomic E-state index is 13.0. The van der Waals surface area contributed by atoms with Crippen LogP contribution in [0.4, 0.5) is 4.39 Å². The van der Waals surface area contributed by atoms with Gasteiger partial charge in [-0.25, -0.2) is 8.91 Å². The second-order valence-corrected chi connectivity index (χ2v) is 35.9. The topological polar surface area (TPSA) is 168 Å². The number of aromatic nitrogens is 13. The predicted octanol–water partition coefficient (Wildman–Crippen LogP) is 28.2. The number of H-pyrrole nitrogens is 4. The smallest absolute Gasteiger partial charge is 0.134 e. The molecule has 0 aliphatic heterocycles. The summed E-state index contributed by atoms with van der Waals surface area (Å²) in [7, 11) is 4.10. The number of pyridine rings is 2. The fraction of sp³-hybridized carbons (Fsp3) is 0.485. The van der Waals surface area contributed by atoms with Crippen LogP contribution in [-0.4, -0.2) is 64.5 Å². The summed E-state index contributed by atoms with van der Waals surface area (Å²) in [6.45, 7) is 56.9. The number of furan rings is 1. The normalized spacial score (nSPS) is 13.8. The molecule has 14 aromatic rings. The molecule has 10 aromatic heterocycles. The molecule has 116 heavy (non-hydrogen) atoms. The Balaban J connectivity index is 0.000000138. The standard InChI is InChI=1S/C12H14FN.C12H15N.C12H13N.C12H14O.2C11H18N2.C11H14N2.2C10H16N2/c1-7(2)12-8(3)14-11-6-9(13)4-5-10(11)12;1-8(2)12-9(3)13-11-7-5-4-6-10(11)12;1-9(2)10-7-8-13-12-6-4-3-5-11(10)12;1-8(2)12-9(3)13-11-7-5-4-6-10(11)12;2*1-7(2)10-8(3)13(4)12-11(10)9-5-6-9;1-8(2)11-9(3)12-13-7-5-4-6-10(11)13;2*1-6(2)9-7(3)11-12-10(9)8-4-5-8/h4-7,14H,1-3H3;4-8,13H,1-3H3;3-9H,1-2H3;4-8H,1-3H3;2*7,9H,5-6H2,1-4H3;4-8H,1-3H3;2*6,8H,4-5H2,1-3H3,(H,11,12). The molecule has 0 saturated heterocycles. The van der Waals surface area contributed by atoms with Gasteiger partial charge in [-0.3, -0.25) is 24.5 Å². The third-order valence-electron chi connectivity index (χ3n) is 23.2. The van der Waals surface area contributed by atoms with Crippen molar-refractivity contribution in [3.8, 4) is 0 Å². The van der Waals surface area contributed by atoms with Crippen molar-refractivity contribution in [2.24, 2.45) is 14.1 Å². The number of aromatic amines is 4. The molecule has 4 aliphatic rings. The van der Waals surface area contributed by atoms with Gasteiger partial charge < -0.3 is 14.4 Å². The first kappa shape index (κ1) is 88.7. The summed E-state index contributed by atoms with van der Waals surface area (Å²) in [5.74, 6) is 9.11. The summed E-state index contributed by atoms with van der Waals surface area (Å²) in [5, 5.41) is 33.6. The Morgan fingerprint density at radius 1 is 0.379 bits per heavy atom. The molecular weight excluding hydrogens is 1430 g/mol. The first-order chi connectivity index (χ1) is 55.1. The maximum atomic E-state index is 13.0. The zero-order valence-corrected chi connectivity index (χ0v) is 75.6. The lowest BCUT2D eigenvalue weighted by Gasteiger charge is -2.08. The molecule has 15 heteroatoms. The number of rotatable bonds is 13. The van der Waals surface area contributed by atoms with Crippen molar-refractivity contribution in [2.75, 3.05) is 0 Å². The molecule has 14 nitrogen and oxygen atoms in total. The van der Waals surface area contributed by atoms with Crippen LogP contribution >= 0.6 is 0 Å². The number of hydrogen-bond acceptors (Lipinski definition) is 7. The van der Waals surface area contributed by atoms with E-state index in [9.17, 15) is 4.39 Å². The number of fused-ring (bicyclic) bond motifs is 5. The molecule has 18 rings (SSSR count).